The van der Waals surface area contributed by atoms with Gasteiger partial charge in [-0.15, -0.1) is 12.4 Å². The monoisotopic (exact) mass is 216 g/mol. The highest BCUT2D eigenvalue weighted by atomic mass is 35.5. The van der Waals surface area contributed by atoms with E-state index >= 15 is 0 Å². The van der Waals surface area contributed by atoms with Gasteiger partial charge in [0.05, 0.1) is 0 Å². The summed E-state index contributed by atoms with van der Waals surface area (Å²) in [6.45, 7) is -0.117. The zero-order valence-electron chi connectivity index (χ0n) is 7.31. The fourth-order valence-electron chi connectivity index (χ4n) is 0.814. The molecule has 1 aromatic rings. The Morgan fingerprint density at radius 3 is 2.71 bits per heavy atom. The normalized spacial score (nSPS) is 9.79. The quantitative estimate of drug-likeness (QED) is 0.758. The molecule has 5 heteroatoms. The lowest BCUT2D eigenvalue weighted by Gasteiger charge is -1.93. The van der Waals surface area contributed by atoms with Crippen LogP contribution in [0.1, 0.15) is 5.56 Å². The fraction of sp³-hybridized carbons (Fsp3) is 0.111. The molecule has 0 radical (unpaired) electrons. The first-order valence-corrected chi connectivity index (χ1v) is 3.73. The van der Waals surface area contributed by atoms with Crippen molar-refractivity contribution in [2.75, 3.05) is 6.54 Å². The van der Waals surface area contributed by atoms with E-state index in [2.05, 4.69) is 4.99 Å². The van der Waals surface area contributed by atoms with Gasteiger partial charge in [0.1, 0.15) is 12.4 Å². The third-order valence-electron chi connectivity index (χ3n) is 1.38. The van der Waals surface area contributed by atoms with Crippen molar-refractivity contribution in [1.82, 2.24) is 0 Å². The molecule has 0 aliphatic carbocycles. The average molecular weight is 217 g/mol. The van der Waals surface area contributed by atoms with Crippen LogP contribution in [0.4, 0.5) is 4.39 Å². The fourth-order valence-corrected chi connectivity index (χ4v) is 0.814. The molecule has 0 bridgehead atoms. The average Bonchev–Trinajstić information content (AvgIpc) is 2.08. The van der Waals surface area contributed by atoms with Crippen LogP contribution in [0.5, 0.6) is 0 Å². The van der Waals surface area contributed by atoms with Crippen molar-refractivity contribution >= 4 is 24.5 Å². The number of nitrogens with zero attached hydrogens (tertiary/aromatic N) is 1. The maximum Gasteiger partial charge on any atom is 0.239 e. The van der Waals surface area contributed by atoms with Gasteiger partial charge in [-0.05, 0) is 6.07 Å². The molecule has 0 saturated heterocycles. The van der Waals surface area contributed by atoms with Gasteiger partial charge in [-0.3, -0.25) is 9.79 Å². The van der Waals surface area contributed by atoms with Crippen molar-refractivity contribution in [2.45, 2.75) is 0 Å². The first-order chi connectivity index (χ1) is 6.20. The van der Waals surface area contributed by atoms with Gasteiger partial charge in [0.25, 0.3) is 0 Å². The minimum atomic E-state index is -0.535. The zero-order valence-corrected chi connectivity index (χ0v) is 8.13. The molecule has 0 fully saturated rings. The van der Waals surface area contributed by atoms with Crippen molar-refractivity contribution in [3.05, 3.63) is 35.6 Å². The van der Waals surface area contributed by atoms with E-state index in [1.54, 1.807) is 18.2 Å². The first-order valence-electron chi connectivity index (χ1n) is 3.73. The lowest BCUT2D eigenvalue weighted by atomic mass is 10.2. The SMILES string of the molecule is Cl.NC(=O)CN=Cc1ccccc1F. The number of primary amides is 1. The highest BCUT2D eigenvalue weighted by Gasteiger charge is 1.95. The van der Waals surface area contributed by atoms with Gasteiger partial charge < -0.3 is 5.73 Å². The molecule has 1 rings (SSSR count). The number of halogens is 2. The number of nitrogens with two attached hydrogens (primary N) is 1. The zero-order chi connectivity index (χ0) is 9.68. The van der Waals surface area contributed by atoms with Crippen LogP contribution in [-0.4, -0.2) is 18.7 Å². The minimum Gasteiger partial charge on any atom is -0.368 e. The molecular formula is C9H10ClFN2O. The second-order valence-corrected chi connectivity index (χ2v) is 2.46. The Balaban J connectivity index is 0.00000169. The van der Waals surface area contributed by atoms with Crippen molar-refractivity contribution in [2.24, 2.45) is 10.7 Å². The summed E-state index contributed by atoms with van der Waals surface area (Å²) in [5.41, 5.74) is 5.20. The maximum absolute atomic E-state index is 12.9. The standard InChI is InChI=1S/C9H9FN2O.ClH/c10-8-4-2-1-3-7(8)5-12-6-9(11)13;/h1-5H,6H2,(H2,11,13);1H. The molecular weight excluding hydrogens is 207 g/mol. The summed E-state index contributed by atoms with van der Waals surface area (Å²) in [6.07, 6.45) is 1.29. The highest BCUT2D eigenvalue weighted by Crippen LogP contribution is 2.02. The summed E-state index contributed by atoms with van der Waals surface area (Å²) in [7, 11) is 0. The number of amides is 1. The Hall–Kier alpha value is -1.42. The predicted octanol–water partition coefficient (Wildman–Crippen LogP) is 1.15. The van der Waals surface area contributed by atoms with E-state index in [0.717, 1.165) is 0 Å². The number of hydrogen-bond acceptors (Lipinski definition) is 2. The molecule has 0 unspecified atom stereocenters. The molecule has 14 heavy (non-hydrogen) atoms. The van der Waals surface area contributed by atoms with E-state index in [0.29, 0.717) is 5.56 Å². The Labute approximate surface area is 87.2 Å². The predicted molar refractivity (Wildman–Crippen MR) is 55.3 cm³/mol. The number of hydrogen-bond donors (Lipinski definition) is 1. The second kappa shape index (κ2) is 6.10. The number of benzene rings is 1. The van der Waals surface area contributed by atoms with Crippen molar-refractivity contribution in [3.63, 3.8) is 0 Å². The number of carbonyl (C=O) groups excluding carboxylic acids is 1. The van der Waals surface area contributed by atoms with E-state index < -0.39 is 5.91 Å². The van der Waals surface area contributed by atoms with Crippen LogP contribution >= 0.6 is 12.4 Å². The minimum absolute atomic E-state index is 0. The molecule has 3 nitrogen and oxygen atoms in total. The van der Waals surface area contributed by atoms with Crippen LogP contribution in [0, 0.1) is 5.82 Å². The van der Waals surface area contributed by atoms with Crippen molar-refractivity contribution in [1.29, 1.82) is 0 Å². The van der Waals surface area contributed by atoms with E-state index in [4.69, 9.17) is 5.73 Å². The molecule has 0 aromatic heterocycles. The molecule has 1 amide bonds. The van der Waals surface area contributed by atoms with E-state index in [1.807, 2.05) is 0 Å². The Bertz CT molecular complexity index is 341. The second-order valence-electron chi connectivity index (χ2n) is 2.46. The lowest BCUT2D eigenvalue weighted by Crippen LogP contribution is -2.14. The summed E-state index contributed by atoms with van der Waals surface area (Å²) in [4.78, 5) is 14.0. The van der Waals surface area contributed by atoms with E-state index in [-0.39, 0.29) is 24.8 Å². The van der Waals surface area contributed by atoms with Crippen LogP contribution in [0.2, 0.25) is 0 Å². The van der Waals surface area contributed by atoms with Gasteiger partial charge in [0, 0.05) is 11.8 Å². The molecule has 1 aromatic carbocycles. The molecule has 0 atom stereocenters. The Morgan fingerprint density at radius 2 is 2.14 bits per heavy atom. The summed E-state index contributed by atoms with van der Waals surface area (Å²) >= 11 is 0. The van der Waals surface area contributed by atoms with Gasteiger partial charge in [0.2, 0.25) is 5.91 Å². The maximum atomic E-state index is 12.9. The third-order valence-corrected chi connectivity index (χ3v) is 1.38. The Morgan fingerprint density at radius 1 is 1.50 bits per heavy atom. The largest absolute Gasteiger partial charge is 0.368 e. The third kappa shape index (κ3) is 4.00. The molecule has 0 saturated carbocycles. The summed E-state index contributed by atoms with van der Waals surface area (Å²) in [5.74, 6) is -0.900. The van der Waals surface area contributed by atoms with Crippen LogP contribution in [-0.2, 0) is 4.79 Å². The number of aliphatic imine (C=N–C) groups is 1. The van der Waals surface area contributed by atoms with Crippen LogP contribution in [0.15, 0.2) is 29.3 Å². The number of rotatable bonds is 3. The summed E-state index contributed by atoms with van der Waals surface area (Å²) in [5, 5.41) is 0. The van der Waals surface area contributed by atoms with Crippen LogP contribution in [0.3, 0.4) is 0 Å². The molecule has 0 aliphatic rings. The van der Waals surface area contributed by atoms with E-state index in [1.165, 1.54) is 12.3 Å². The van der Waals surface area contributed by atoms with E-state index in [9.17, 15) is 9.18 Å². The molecule has 0 aliphatic heterocycles. The van der Waals surface area contributed by atoms with Gasteiger partial charge >= 0.3 is 0 Å². The summed E-state index contributed by atoms with van der Waals surface area (Å²) in [6, 6.07) is 6.17. The van der Waals surface area contributed by atoms with Gasteiger partial charge in [-0.2, -0.15) is 0 Å². The van der Waals surface area contributed by atoms with Crippen LogP contribution < -0.4 is 5.73 Å². The lowest BCUT2D eigenvalue weighted by molar-refractivity contribution is -0.116. The topological polar surface area (TPSA) is 55.5 Å². The van der Waals surface area contributed by atoms with Crippen LogP contribution in [0.25, 0.3) is 0 Å². The smallest absolute Gasteiger partial charge is 0.239 e. The summed E-state index contributed by atoms with van der Waals surface area (Å²) < 4.78 is 12.9. The molecule has 0 heterocycles. The van der Waals surface area contributed by atoms with Crippen molar-refractivity contribution < 1.29 is 9.18 Å². The van der Waals surface area contributed by atoms with Crippen molar-refractivity contribution in [3.8, 4) is 0 Å². The molecule has 0 spiro atoms. The molecule has 2 N–H and O–H groups in total. The van der Waals surface area contributed by atoms with Gasteiger partial charge in [0.15, 0.2) is 0 Å². The number of carbonyl (C=O) groups is 1. The Kier molecular flexibility index (Phi) is 5.48. The highest BCUT2D eigenvalue weighted by molar-refractivity contribution is 5.85. The molecule has 76 valence electrons. The van der Waals surface area contributed by atoms with Gasteiger partial charge in [-0.25, -0.2) is 4.39 Å². The first kappa shape index (κ1) is 12.6. The van der Waals surface area contributed by atoms with Gasteiger partial charge in [-0.1, -0.05) is 18.2 Å².